The molecule has 3 heterocycles. The van der Waals surface area contributed by atoms with Gasteiger partial charge >= 0.3 is 51.4 Å². The Morgan fingerprint density at radius 1 is 1.40 bits per heavy atom. The zero-order chi connectivity index (χ0) is 13.0. The molecule has 0 saturated carbocycles. The van der Waals surface area contributed by atoms with Gasteiger partial charge in [0.25, 0.3) is 0 Å². The first-order valence-corrected chi connectivity index (χ1v) is 7.13. The molecule has 0 amide bonds. The van der Waals surface area contributed by atoms with Gasteiger partial charge in [0, 0.05) is 35.9 Å². The minimum Gasteiger partial charge on any atom is -0.872 e. The van der Waals surface area contributed by atoms with Crippen molar-refractivity contribution in [1.82, 2.24) is 9.88 Å². The second-order valence-electron chi connectivity index (χ2n) is 6.48. The van der Waals surface area contributed by atoms with Crippen LogP contribution in [0.3, 0.4) is 0 Å². The number of aromatic nitrogens is 1. The van der Waals surface area contributed by atoms with E-state index in [9.17, 15) is 5.11 Å². The number of nitrogens with zero attached hydrogens (tertiary/aromatic N) is 2. The minimum absolute atomic E-state index is 0. The third-order valence-electron chi connectivity index (χ3n) is 4.86. The molecule has 0 N–H and O–H groups in total. The molecule has 3 aliphatic rings. The van der Waals surface area contributed by atoms with E-state index in [0.29, 0.717) is 11.5 Å². The van der Waals surface area contributed by atoms with Crippen molar-refractivity contribution in [2.24, 2.45) is 5.41 Å². The van der Waals surface area contributed by atoms with Gasteiger partial charge in [-0.05, 0) is 37.8 Å². The first-order chi connectivity index (χ1) is 9.15. The van der Waals surface area contributed by atoms with Crippen LogP contribution < -0.4 is 56.5 Å². The van der Waals surface area contributed by atoms with E-state index in [2.05, 4.69) is 9.88 Å². The van der Waals surface area contributed by atoms with E-state index < -0.39 is 0 Å². The Balaban J connectivity index is 0.00000121. The van der Waals surface area contributed by atoms with Crippen LogP contribution in [0, 0.1) is 12.3 Å². The number of aryl methyl sites for hydroxylation is 2. The molecule has 1 unspecified atom stereocenters. The van der Waals surface area contributed by atoms with Crippen LogP contribution in [0.1, 0.15) is 23.4 Å². The molecule has 20 heavy (non-hydrogen) atoms. The molecule has 1 spiro atoms. The van der Waals surface area contributed by atoms with Gasteiger partial charge in [-0.15, -0.1) is 5.75 Å². The maximum atomic E-state index is 12.1. The van der Waals surface area contributed by atoms with E-state index in [4.69, 9.17) is 4.74 Å². The zero-order valence-corrected chi connectivity index (χ0v) is 15.4. The molecule has 2 aliphatic heterocycles. The van der Waals surface area contributed by atoms with Gasteiger partial charge in [-0.3, -0.25) is 9.88 Å². The summed E-state index contributed by atoms with van der Waals surface area (Å²) in [6.07, 6.45) is 2.98. The topological polar surface area (TPSA) is 48.4 Å². The van der Waals surface area contributed by atoms with E-state index in [1.54, 1.807) is 6.07 Å². The Bertz CT molecular complexity index is 523. The van der Waals surface area contributed by atoms with Crippen molar-refractivity contribution in [2.75, 3.05) is 26.3 Å². The van der Waals surface area contributed by atoms with Crippen LogP contribution in [-0.2, 0) is 17.6 Å². The molecule has 5 heteroatoms. The largest absolute Gasteiger partial charge is 1.00 e. The molecular formula is C15H19KN2O2. The van der Waals surface area contributed by atoms with E-state index in [1.165, 1.54) is 0 Å². The summed E-state index contributed by atoms with van der Waals surface area (Å²) in [5.74, 6) is 0.189. The fraction of sp³-hybridized carbons (Fsp3) is 0.667. The molecule has 4 nitrogen and oxygen atoms in total. The molecule has 1 aromatic heterocycles. The Morgan fingerprint density at radius 2 is 2.15 bits per heavy atom. The second kappa shape index (κ2) is 5.61. The third-order valence-corrected chi connectivity index (χ3v) is 4.86. The first kappa shape index (κ1) is 15.4. The fourth-order valence-corrected chi connectivity index (χ4v) is 3.76. The third kappa shape index (κ3) is 2.51. The van der Waals surface area contributed by atoms with Gasteiger partial charge in [0.2, 0.25) is 0 Å². The normalized spacial score (nSPS) is 27.1. The number of likely N-dealkylation sites (tertiary alicyclic amines) is 1. The Kier molecular flexibility index (Phi) is 4.32. The zero-order valence-electron chi connectivity index (χ0n) is 12.3. The molecule has 2 saturated heterocycles. The van der Waals surface area contributed by atoms with Gasteiger partial charge in [0.1, 0.15) is 0 Å². The van der Waals surface area contributed by atoms with Crippen LogP contribution in [0.5, 0.6) is 5.75 Å². The Labute approximate surface area is 162 Å². The van der Waals surface area contributed by atoms with Crippen LogP contribution in [0.2, 0.25) is 0 Å². The van der Waals surface area contributed by atoms with Crippen LogP contribution in [0.4, 0.5) is 0 Å². The van der Waals surface area contributed by atoms with Gasteiger partial charge in [-0.2, -0.15) is 0 Å². The van der Waals surface area contributed by atoms with Crippen molar-refractivity contribution in [1.29, 1.82) is 0 Å². The van der Waals surface area contributed by atoms with Gasteiger partial charge in [0.15, 0.2) is 0 Å². The van der Waals surface area contributed by atoms with Crippen LogP contribution >= 0.6 is 0 Å². The number of ether oxygens (including phenoxy) is 1. The van der Waals surface area contributed by atoms with Crippen molar-refractivity contribution in [3.05, 3.63) is 23.0 Å². The number of rotatable bonds is 1. The first-order valence-electron chi connectivity index (χ1n) is 7.13. The van der Waals surface area contributed by atoms with Crippen molar-refractivity contribution < 1.29 is 61.2 Å². The van der Waals surface area contributed by atoms with Crippen molar-refractivity contribution in [3.63, 3.8) is 0 Å². The summed E-state index contributed by atoms with van der Waals surface area (Å²) >= 11 is 0. The molecule has 0 aromatic carbocycles. The average molecular weight is 298 g/mol. The summed E-state index contributed by atoms with van der Waals surface area (Å²) in [6.45, 7) is 6.07. The standard InChI is InChI=1S/C15H20N2O2.K/c1-10-4-14(18)12-5-11(2-3-13(12)16-10)17-6-15(7-17)8-19-9-15;/h4,11H,2-3,5-9H2,1H3,(H,16,18);/q;+1/p-1. The predicted molar refractivity (Wildman–Crippen MR) is 69.1 cm³/mol. The summed E-state index contributed by atoms with van der Waals surface area (Å²) in [7, 11) is 0. The SMILES string of the molecule is Cc1cc([O-])c2c(n1)CCC(N1CC3(COC3)C1)C2.[K+]. The van der Waals surface area contributed by atoms with Gasteiger partial charge in [-0.1, -0.05) is 0 Å². The van der Waals surface area contributed by atoms with Gasteiger partial charge in [-0.25, -0.2) is 0 Å². The summed E-state index contributed by atoms with van der Waals surface area (Å²) in [5.41, 5.74) is 3.33. The molecule has 2 fully saturated rings. The van der Waals surface area contributed by atoms with E-state index in [-0.39, 0.29) is 57.1 Å². The minimum atomic E-state index is 0. The quantitative estimate of drug-likeness (QED) is 0.545. The summed E-state index contributed by atoms with van der Waals surface area (Å²) in [4.78, 5) is 7.06. The Morgan fingerprint density at radius 3 is 2.80 bits per heavy atom. The maximum absolute atomic E-state index is 12.1. The molecule has 4 rings (SSSR count). The van der Waals surface area contributed by atoms with Crippen molar-refractivity contribution in [3.8, 4) is 5.75 Å². The van der Waals surface area contributed by atoms with E-state index in [1.807, 2.05) is 6.92 Å². The summed E-state index contributed by atoms with van der Waals surface area (Å²) in [6, 6.07) is 2.22. The molecule has 1 atom stereocenters. The maximum Gasteiger partial charge on any atom is 1.00 e. The molecule has 1 aromatic rings. The monoisotopic (exact) mass is 298 g/mol. The van der Waals surface area contributed by atoms with Gasteiger partial charge < -0.3 is 9.84 Å². The molecule has 1 aliphatic carbocycles. The smallest absolute Gasteiger partial charge is 0.872 e. The van der Waals surface area contributed by atoms with Crippen LogP contribution in [0.15, 0.2) is 6.07 Å². The van der Waals surface area contributed by atoms with Gasteiger partial charge in [0.05, 0.1) is 13.2 Å². The van der Waals surface area contributed by atoms with E-state index in [0.717, 1.165) is 62.5 Å². The Hall–Kier alpha value is 0.506. The average Bonchev–Trinajstić information content (AvgIpc) is 2.25. The molecule has 0 bridgehead atoms. The fourth-order valence-electron chi connectivity index (χ4n) is 3.76. The second-order valence-corrected chi connectivity index (χ2v) is 6.48. The van der Waals surface area contributed by atoms with E-state index >= 15 is 0 Å². The van der Waals surface area contributed by atoms with Crippen molar-refractivity contribution in [2.45, 2.75) is 32.2 Å². The molecular weight excluding hydrogens is 279 g/mol. The van der Waals surface area contributed by atoms with Crippen LogP contribution in [-0.4, -0.2) is 42.2 Å². The van der Waals surface area contributed by atoms with Crippen LogP contribution in [0.25, 0.3) is 0 Å². The molecule has 102 valence electrons. The van der Waals surface area contributed by atoms with Crippen molar-refractivity contribution >= 4 is 0 Å². The number of fused-ring (bicyclic) bond motifs is 1. The summed E-state index contributed by atoms with van der Waals surface area (Å²) in [5, 5.41) is 12.1. The number of hydrogen-bond acceptors (Lipinski definition) is 4. The number of hydrogen-bond donors (Lipinski definition) is 0. The predicted octanol–water partition coefficient (Wildman–Crippen LogP) is -2.34. The number of pyridine rings is 1. The molecule has 0 radical (unpaired) electrons. The summed E-state index contributed by atoms with van der Waals surface area (Å²) < 4.78 is 5.32.